The van der Waals surface area contributed by atoms with Crippen LogP contribution >= 0.6 is 0 Å². The fourth-order valence-corrected chi connectivity index (χ4v) is 1.45. The average Bonchev–Trinajstić information content (AvgIpc) is 2.41. The number of methoxy groups -OCH3 is 1. The van der Waals surface area contributed by atoms with Crippen molar-refractivity contribution in [3.8, 4) is 29.1 Å². The highest BCUT2D eigenvalue weighted by molar-refractivity contribution is 5.49. The molecule has 0 aliphatic heterocycles. The van der Waals surface area contributed by atoms with E-state index in [0.29, 0.717) is 22.8 Å². The normalized spacial score (nSPS) is 9.56. The number of aromatic hydroxyl groups is 1. The topological polar surface area (TPSA) is 62.5 Å². The van der Waals surface area contributed by atoms with E-state index in [2.05, 4.69) is 0 Å². The quantitative estimate of drug-likeness (QED) is 0.897. The van der Waals surface area contributed by atoms with Gasteiger partial charge in [-0.3, -0.25) is 0 Å². The van der Waals surface area contributed by atoms with Crippen molar-refractivity contribution in [3.63, 3.8) is 0 Å². The Morgan fingerprint density at radius 2 is 1.72 bits per heavy atom. The van der Waals surface area contributed by atoms with Crippen molar-refractivity contribution in [2.24, 2.45) is 0 Å². The molecule has 0 aliphatic carbocycles. The second-order valence-corrected chi connectivity index (χ2v) is 3.57. The van der Waals surface area contributed by atoms with Gasteiger partial charge < -0.3 is 14.6 Å². The van der Waals surface area contributed by atoms with Gasteiger partial charge in [-0.25, -0.2) is 0 Å². The lowest BCUT2D eigenvalue weighted by atomic mass is 10.2. The van der Waals surface area contributed by atoms with Crippen LogP contribution in [0.3, 0.4) is 0 Å². The summed E-state index contributed by atoms with van der Waals surface area (Å²) in [6, 6.07) is 13.3. The van der Waals surface area contributed by atoms with Crippen molar-refractivity contribution in [3.05, 3.63) is 48.0 Å². The van der Waals surface area contributed by atoms with E-state index in [1.807, 2.05) is 6.07 Å². The molecular formula is C14H11NO3. The van der Waals surface area contributed by atoms with Crippen LogP contribution in [0.2, 0.25) is 0 Å². The molecule has 90 valence electrons. The monoisotopic (exact) mass is 241 g/mol. The summed E-state index contributed by atoms with van der Waals surface area (Å²) in [5.74, 6) is 1.73. The minimum atomic E-state index is 0.161. The molecule has 2 aromatic rings. The molecule has 0 fully saturated rings. The summed E-state index contributed by atoms with van der Waals surface area (Å²) in [6.07, 6.45) is 0. The summed E-state index contributed by atoms with van der Waals surface area (Å²) in [5.41, 5.74) is 0.420. The van der Waals surface area contributed by atoms with Crippen molar-refractivity contribution >= 4 is 0 Å². The molecule has 0 saturated carbocycles. The van der Waals surface area contributed by atoms with Gasteiger partial charge in [-0.2, -0.15) is 5.26 Å². The number of ether oxygens (including phenoxy) is 2. The lowest BCUT2D eigenvalue weighted by Gasteiger charge is -2.09. The SMILES string of the molecule is COc1ccc(C#N)c(Oc2ccc(O)cc2)c1. The first-order chi connectivity index (χ1) is 8.72. The molecule has 1 N–H and O–H groups in total. The summed E-state index contributed by atoms with van der Waals surface area (Å²) >= 11 is 0. The number of phenols is 1. The maximum absolute atomic E-state index is 9.18. The van der Waals surface area contributed by atoms with Gasteiger partial charge >= 0.3 is 0 Å². The van der Waals surface area contributed by atoms with Crippen LogP contribution in [-0.4, -0.2) is 12.2 Å². The zero-order valence-electron chi connectivity index (χ0n) is 9.75. The highest BCUT2D eigenvalue weighted by Crippen LogP contribution is 2.29. The number of benzene rings is 2. The van der Waals surface area contributed by atoms with Gasteiger partial charge in [0.05, 0.1) is 12.7 Å². The fourth-order valence-electron chi connectivity index (χ4n) is 1.45. The van der Waals surface area contributed by atoms with Crippen molar-refractivity contribution in [1.82, 2.24) is 0 Å². The Labute approximate surface area is 105 Å². The molecule has 0 unspecified atom stereocenters. The number of nitriles is 1. The third kappa shape index (κ3) is 2.53. The number of rotatable bonds is 3. The molecule has 18 heavy (non-hydrogen) atoms. The van der Waals surface area contributed by atoms with E-state index in [1.165, 1.54) is 12.1 Å². The Kier molecular flexibility index (Phi) is 3.35. The maximum atomic E-state index is 9.18. The second kappa shape index (κ2) is 5.11. The standard InChI is InChI=1S/C14H11NO3/c1-17-13-5-2-10(9-15)14(8-13)18-12-6-3-11(16)4-7-12/h2-8,16H,1H3. The predicted octanol–water partition coefficient (Wildman–Crippen LogP) is 3.06. The molecule has 0 spiro atoms. The highest BCUT2D eigenvalue weighted by atomic mass is 16.5. The summed E-state index contributed by atoms with van der Waals surface area (Å²) in [7, 11) is 1.55. The first-order valence-electron chi connectivity index (χ1n) is 5.28. The molecule has 0 saturated heterocycles. The molecule has 4 heteroatoms. The average molecular weight is 241 g/mol. The van der Waals surface area contributed by atoms with Crippen LogP contribution in [0.15, 0.2) is 42.5 Å². The first-order valence-corrected chi connectivity index (χ1v) is 5.28. The van der Waals surface area contributed by atoms with Gasteiger partial charge in [0.25, 0.3) is 0 Å². The second-order valence-electron chi connectivity index (χ2n) is 3.57. The Hall–Kier alpha value is -2.67. The zero-order valence-corrected chi connectivity index (χ0v) is 9.75. The van der Waals surface area contributed by atoms with Gasteiger partial charge in [-0.15, -0.1) is 0 Å². The van der Waals surface area contributed by atoms with Crippen LogP contribution in [-0.2, 0) is 0 Å². The molecule has 0 bridgehead atoms. The lowest BCUT2D eigenvalue weighted by Crippen LogP contribution is -1.90. The molecule has 0 radical (unpaired) electrons. The van der Waals surface area contributed by atoms with Gasteiger partial charge in [0, 0.05) is 6.07 Å². The van der Waals surface area contributed by atoms with Crippen molar-refractivity contribution < 1.29 is 14.6 Å². The third-order valence-corrected chi connectivity index (χ3v) is 2.37. The van der Waals surface area contributed by atoms with Crippen LogP contribution in [0.1, 0.15) is 5.56 Å². The van der Waals surface area contributed by atoms with Gasteiger partial charge in [-0.05, 0) is 36.4 Å². The number of nitrogens with zero attached hydrogens (tertiary/aromatic N) is 1. The molecular weight excluding hydrogens is 230 g/mol. The molecule has 0 heterocycles. The Morgan fingerprint density at radius 3 is 2.33 bits per heavy atom. The van der Waals surface area contributed by atoms with Crippen molar-refractivity contribution in [1.29, 1.82) is 5.26 Å². The van der Waals surface area contributed by atoms with Crippen LogP contribution in [0.5, 0.6) is 23.0 Å². The van der Waals surface area contributed by atoms with E-state index in [1.54, 1.807) is 37.4 Å². The summed E-state index contributed by atoms with van der Waals surface area (Å²) in [5, 5.41) is 18.2. The largest absolute Gasteiger partial charge is 0.508 e. The molecule has 0 atom stereocenters. The molecule has 0 aliphatic rings. The van der Waals surface area contributed by atoms with E-state index < -0.39 is 0 Å². The van der Waals surface area contributed by atoms with Crippen molar-refractivity contribution in [2.45, 2.75) is 0 Å². The summed E-state index contributed by atoms with van der Waals surface area (Å²) < 4.78 is 10.7. The van der Waals surface area contributed by atoms with E-state index >= 15 is 0 Å². The number of hydrogen-bond acceptors (Lipinski definition) is 4. The third-order valence-electron chi connectivity index (χ3n) is 2.37. The zero-order chi connectivity index (χ0) is 13.0. The maximum Gasteiger partial charge on any atom is 0.148 e. The molecule has 0 aromatic heterocycles. The number of hydrogen-bond donors (Lipinski definition) is 1. The summed E-state index contributed by atoms with van der Waals surface area (Å²) in [6.45, 7) is 0. The van der Waals surface area contributed by atoms with E-state index in [9.17, 15) is 5.11 Å². The first kappa shape index (κ1) is 11.8. The highest BCUT2D eigenvalue weighted by Gasteiger charge is 2.06. The summed E-state index contributed by atoms with van der Waals surface area (Å²) in [4.78, 5) is 0. The Bertz CT molecular complexity index is 585. The smallest absolute Gasteiger partial charge is 0.148 e. The van der Waals surface area contributed by atoms with Gasteiger partial charge in [0.1, 0.15) is 29.1 Å². The molecule has 2 rings (SSSR count). The van der Waals surface area contributed by atoms with E-state index in [4.69, 9.17) is 14.7 Å². The molecule has 0 amide bonds. The van der Waals surface area contributed by atoms with E-state index in [-0.39, 0.29) is 5.75 Å². The Balaban J connectivity index is 2.32. The van der Waals surface area contributed by atoms with Crippen LogP contribution in [0.4, 0.5) is 0 Å². The van der Waals surface area contributed by atoms with Crippen molar-refractivity contribution in [2.75, 3.05) is 7.11 Å². The molecule has 4 nitrogen and oxygen atoms in total. The van der Waals surface area contributed by atoms with Crippen LogP contribution in [0.25, 0.3) is 0 Å². The van der Waals surface area contributed by atoms with Crippen LogP contribution in [0, 0.1) is 11.3 Å². The van der Waals surface area contributed by atoms with Gasteiger partial charge in [0.15, 0.2) is 0 Å². The van der Waals surface area contributed by atoms with Gasteiger partial charge in [0.2, 0.25) is 0 Å². The van der Waals surface area contributed by atoms with E-state index in [0.717, 1.165) is 0 Å². The minimum absolute atomic E-state index is 0.161. The molecule has 2 aromatic carbocycles. The predicted molar refractivity (Wildman–Crippen MR) is 65.9 cm³/mol. The number of phenolic OH excluding ortho intramolecular Hbond substituents is 1. The fraction of sp³-hybridized carbons (Fsp3) is 0.0714. The lowest BCUT2D eigenvalue weighted by molar-refractivity contribution is 0.408. The van der Waals surface area contributed by atoms with Crippen LogP contribution < -0.4 is 9.47 Å². The minimum Gasteiger partial charge on any atom is -0.508 e. The van der Waals surface area contributed by atoms with Gasteiger partial charge in [-0.1, -0.05) is 0 Å². The Morgan fingerprint density at radius 1 is 1.06 bits per heavy atom.